The van der Waals surface area contributed by atoms with Gasteiger partial charge in [0.15, 0.2) is 0 Å². The van der Waals surface area contributed by atoms with Gasteiger partial charge in [-0.2, -0.15) is 0 Å². The van der Waals surface area contributed by atoms with E-state index in [1.54, 1.807) is 0 Å². The van der Waals surface area contributed by atoms with Crippen LogP contribution >= 0.6 is 23.7 Å². The minimum Gasteiger partial charge on any atom is -0.320 e. The maximum absolute atomic E-state index is 3.26. The Morgan fingerprint density at radius 1 is 1.00 bits per heavy atom. The second kappa shape index (κ2) is 8.33. The molecule has 0 fully saturated rings. The van der Waals surface area contributed by atoms with Crippen molar-refractivity contribution in [1.82, 2.24) is 5.32 Å². The fourth-order valence-electron chi connectivity index (χ4n) is 2.98. The van der Waals surface area contributed by atoms with Gasteiger partial charge in [0.25, 0.3) is 0 Å². The van der Waals surface area contributed by atoms with E-state index in [0.29, 0.717) is 5.92 Å². The summed E-state index contributed by atoms with van der Waals surface area (Å²) in [6.07, 6.45) is 2.39. The van der Waals surface area contributed by atoms with E-state index in [1.165, 1.54) is 34.1 Å². The first-order valence-corrected chi connectivity index (χ1v) is 8.44. The standard InChI is InChI=1S/C19H21NS.ClH/c1-20-13-5-11-18(19-12-6-14-21-19)17-10-4-8-15-7-2-3-9-16(15)17;/h2-4,6-10,12,14,18,20H,5,11,13H2,1H3;1H/t18-;/m1./s1. The fourth-order valence-corrected chi connectivity index (χ4v) is 3.86. The summed E-state index contributed by atoms with van der Waals surface area (Å²) >= 11 is 1.87. The van der Waals surface area contributed by atoms with Gasteiger partial charge in [-0.3, -0.25) is 0 Å². The molecule has 3 heteroatoms. The molecule has 0 bridgehead atoms. The lowest BCUT2D eigenvalue weighted by Crippen LogP contribution is -2.10. The van der Waals surface area contributed by atoms with E-state index < -0.39 is 0 Å². The summed E-state index contributed by atoms with van der Waals surface area (Å²) < 4.78 is 0. The highest BCUT2D eigenvalue weighted by atomic mass is 35.5. The molecular formula is C19H22ClNS. The molecule has 1 nitrogen and oxygen atoms in total. The fraction of sp³-hybridized carbons (Fsp3) is 0.263. The first-order valence-electron chi connectivity index (χ1n) is 7.56. The lowest BCUT2D eigenvalue weighted by Gasteiger charge is -2.18. The number of hydrogen-bond acceptors (Lipinski definition) is 2. The average molecular weight is 332 g/mol. The summed E-state index contributed by atoms with van der Waals surface area (Å²) in [6.45, 7) is 1.08. The van der Waals surface area contributed by atoms with E-state index in [1.807, 2.05) is 18.4 Å². The van der Waals surface area contributed by atoms with Crippen LogP contribution < -0.4 is 5.32 Å². The van der Waals surface area contributed by atoms with Crippen molar-refractivity contribution < 1.29 is 0 Å². The second-order valence-electron chi connectivity index (χ2n) is 5.38. The van der Waals surface area contributed by atoms with Crippen molar-refractivity contribution in [3.63, 3.8) is 0 Å². The summed E-state index contributed by atoms with van der Waals surface area (Å²) in [7, 11) is 2.03. The Kier molecular flexibility index (Phi) is 6.44. The third-order valence-electron chi connectivity index (χ3n) is 4.00. The molecule has 0 saturated heterocycles. The molecular weight excluding hydrogens is 310 g/mol. The first kappa shape index (κ1) is 17.0. The predicted molar refractivity (Wildman–Crippen MR) is 101 cm³/mol. The minimum atomic E-state index is 0. The number of thiophene rings is 1. The van der Waals surface area contributed by atoms with Crippen LogP contribution in [0.5, 0.6) is 0 Å². The van der Waals surface area contributed by atoms with Crippen molar-refractivity contribution in [3.8, 4) is 0 Å². The van der Waals surface area contributed by atoms with Crippen molar-refractivity contribution in [2.45, 2.75) is 18.8 Å². The van der Waals surface area contributed by atoms with Gasteiger partial charge in [-0.1, -0.05) is 48.5 Å². The lowest BCUT2D eigenvalue weighted by atomic mass is 9.89. The van der Waals surface area contributed by atoms with Gasteiger partial charge in [0, 0.05) is 10.8 Å². The van der Waals surface area contributed by atoms with Crippen molar-refractivity contribution in [1.29, 1.82) is 0 Å². The first-order chi connectivity index (χ1) is 10.4. The van der Waals surface area contributed by atoms with Crippen LogP contribution in [0.2, 0.25) is 0 Å². The van der Waals surface area contributed by atoms with Crippen LogP contribution in [0.4, 0.5) is 0 Å². The zero-order valence-electron chi connectivity index (χ0n) is 12.8. The molecule has 3 rings (SSSR count). The van der Waals surface area contributed by atoms with Gasteiger partial charge >= 0.3 is 0 Å². The third-order valence-corrected chi connectivity index (χ3v) is 4.99. The van der Waals surface area contributed by atoms with E-state index >= 15 is 0 Å². The van der Waals surface area contributed by atoms with Gasteiger partial charge in [0.1, 0.15) is 0 Å². The molecule has 0 unspecified atom stereocenters. The summed E-state index contributed by atoms with van der Waals surface area (Å²) in [6, 6.07) is 19.9. The Bertz CT molecular complexity index is 688. The van der Waals surface area contributed by atoms with Gasteiger partial charge in [-0.25, -0.2) is 0 Å². The van der Waals surface area contributed by atoms with Gasteiger partial charge in [0.05, 0.1) is 0 Å². The molecule has 1 aromatic heterocycles. The molecule has 116 valence electrons. The topological polar surface area (TPSA) is 12.0 Å². The van der Waals surface area contributed by atoms with Gasteiger partial charge in [-0.05, 0) is 54.2 Å². The highest BCUT2D eigenvalue weighted by molar-refractivity contribution is 7.10. The largest absolute Gasteiger partial charge is 0.320 e. The van der Waals surface area contributed by atoms with Crippen LogP contribution in [-0.4, -0.2) is 13.6 Å². The summed E-state index contributed by atoms with van der Waals surface area (Å²) in [5.41, 5.74) is 1.46. The number of fused-ring (bicyclic) bond motifs is 1. The van der Waals surface area contributed by atoms with Crippen LogP contribution in [0.25, 0.3) is 10.8 Å². The van der Waals surface area contributed by atoms with Crippen molar-refractivity contribution in [2.75, 3.05) is 13.6 Å². The zero-order chi connectivity index (χ0) is 14.5. The van der Waals surface area contributed by atoms with Gasteiger partial charge < -0.3 is 5.32 Å². The van der Waals surface area contributed by atoms with E-state index in [9.17, 15) is 0 Å². The van der Waals surface area contributed by atoms with Crippen molar-refractivity contribution >= 4 is 34.5 Å². The van der Waals surface area contributed by atoms with Gasteiger partial charge in [-0.15, -0.1) is 23.7 Å². The van der Waals surface area contributed by atoms with Crippen LogP contribution in [0.15, 0.2) is 60.0 Å². The highest BCUT2D eigenvalue weighted by Crippen LogP contribution is 2.36. The molecule has 1 atom stereocenters. The Labute approximate surface area is 142 Å². The average Bonchev–Trinajstić information content (AvgIpc) is 3.05. The molecule has 2 aromatic carbocycles. The summed E-state index contributed by atoms with van der Waals surface area (Å²) in [5.74, 6) is 0.504. The molecule has 1 N–H and O–H groups in total. The predicted octanol–water partition coefficient (Wildman–Crippen LogP) is 5.45. The van der Waals surface area contributed by atoms with E-state index in [0.717, 1.165) is 6.54 Å². The van der Waals surface area contributed by atoms with Crippen molar-refractivity contribution in [3.05, 3.63) is 70.4 Å². The summed E-state index contributed by atoms with van der Waals surface area (Å²) in [5, 5.41) is 8.18. The number of benzene rings is 2. The third kappa shape index (κ3) is 3.70. The van der Waals surface area contributed by atoms with E-state index in [4.69, 9.17) is 0 Å². The molecule has 1 heterocycles. The van der Waals surface area contributed by atoms with Crippen LogP contribution in [0.1, 0.15) is 29.2 Å². The molecule has 0 radical (unpaired) electrons. The second-order valence-corrected chi connectivity index (χ2v) is 6.36. The minimum absolute atomic E-state index is 0. The Morgan fingerprint density at radius 2 is 1.82 bits per heavy atom. The van der Waals surface area contributed by atoms with Crippen molar-refractivity contribution in [2.24, 2.45) is 0 Å². The molecule has 0 aliphatic heterocycles. The number of nitrogens with one attached hydrogen (secondary N) is 1. The maximum Gasteiger partial charge on any atom is 0.0190 e. The lowest BCUT2D eigenvalue weighted by molar-refractivity contribution is 0.636. The molecule has 22 heavy (non-hydrogen) atoms. The zero-order valence-corrected chi connectivity index (χ0v) is 14.4. The van der Waals surface area contributed by atoms with E-state index in [-0.39, 0.29) is 12.4 Å². The smallest absolute Gasteiger partial charge is 0.0190 e. The van der Waals surface area contributed by atoms with E-state index in [2.05, 4.69) is 65.3 Å². The molecule has 0 amide bonds. The quantitative estimate of drug-likeness (QED) is 0.592. The number of rotatable bonds is 6. The summed E-state index contributed by atoms with van der Waals surface area (Å²) in [4.78, 5) is 1.47. The van der Waals surface area contributed by atoms with Crippen LogP contribution in [0.3, 0.4) is 0 Å². The van der Waals surface area contributed by atoms with Crippen LogP contribution in [0, 0.1) is 0 Å². The normalized spacial score (nSPS) is 12.0. The molecule has 0 spiro atoms. The monoisotopic (exact) mass is 331 g/mol. The Balaban J connectivity index is 0.00000176. The Hall–Kier alpha value is -1.35. The molecule has 0 aliphatic carbocycles. The van der Waals surface area contributed by atoms with Gasteiger partial charge in [0.2, 0.25) is 0 Å². The number of hydrogen-bond donors (Lipinski definition) is 1. The Morgan fingerprint density at radius 3 is 2.59 bits per heavy atom. The highest BCUT2D eigenvalue weighted by Gasteiger charge is 2.17. The molecule has 0 aliphatic rings. The SMILES string of the molecule is CNCCC[C@@H](c1cccs1)c1cccc2ccccc12.Cl. The molecule has 3 aromatic rings. The number of halogens is 1. The molecule has 0 saturated carbocycles. The van der Waals surface area contributed by atoms with Crippen LogP contribution in [-0.2, 0) is 0 Å². The maximum atomic E-state index is 3.26.